The van der Waals surface area contributed by atoms with E-state index in [1.165, 1.54) is 6.07 Å². The summed E-state index contributed by atoms with van der Waals surface area (Å²) in [5, 5.41) is 13.0. The van der Waals surface area contributed by atoms with Gasteiger partial charge in [-0.05, 0) is 37.6 Å². The summed E-state index contributed by atoms with van der Waals surface area (Å²) in [5.74, 6) is -1.46. The van der Waals surface area contributed by atoms with Gasteiger partial charge in [-0.25, -0.2) is 9.59 Å². The Hall–Kier alpha value is -2.90. The van der Waals surface area contributed by atoms with Gasteiger partial charge in [0.1, 0.15) is 17.4 Å². The Kier molecular flexibility index (Phi) is 6.20. The molecule has 0 fully saturated rings. The Morgan fingerprint density at radius 3 is 2.41 bits per heavy atom. The number of rotatable bonds is 6. The van der Waals surface area contributed by atoms with Crippen LogP contribution in [0, 0.1) is 0 Å². The number of fused-ring (bicyclic) bond motifs is 1. The van der Waals surface area contributed by atoms with Gasteiger partial charge in [-0.3, -0.25) is 0 Å². The minimum absolute atomic E-state index is 0.138. The number of carbonyl (C=O) groups is 2. The van der Waals surface area contributed by atoms with Gasteiger partial charge < -0.3 is 19.9 Å². The normalized spacial score (nSPS) is 12.7. The number of hydrogen-bond acceptors (Lipinski definition) is 4. The van der Waals surface area contributed by atoms with Crippen LogP contribution in [-0.4, -0.2) is 35.4 Å². The van der Waals surface area contributed by atoms with Crippen molar-refractivity contribution in [3.05, 3.63) is 42.0 Å². The first-order valence-electron chi connectivity index (χ1n) is 8.24. The Labute approximate surface area is 155 Å². The molecule has 0 aliphatic rings. The zero-order valence-corrected chi connectivity index (χ0v) is 15.2. The number of amides is 1. The maximum Gasteiger partial charge on any atom is 0.408 e. The molecule has 0 heterocycles. The molecule has 0 saturated carbocycles. The van der Waals surface area contributed by atoms with E-state index >= 15 is 0 Å². The number of hydrogen-bond donors (Lipinski definition) is 2. The number of carboxylic acid groups (broad SMARTS) is 1. The third-order valence-electron chi connectivity index (χ3n) is 3.61. The van der Waals surface area contributed by atoms with Gasteiger partial charge in [-0.15, -0.1) is 0 Å². The number of ether oxygens (including phenoxy) is 2. The third-order valence-corrected chi connectivity index (χ3v) is 3.61. The maximum atomic E-state index is 12.8. The van der Waals surface area contributed by atoms with Gasteiger partial charge >= 0.3 is 18.7 Å². The van der Waals surface area contributed by atoms with E-state index in [-0.39, 0.29) is 17.7 Å². The molecule has 6 nitrogen and oxygen atoms in total. The number of carbonyl (C=O) groups excluding carboxylic acids is 1. The fourth-order valence-corrected chi connectivity index (χ4v) is 2.59. The van der Waals surface area contributed by atoms with Crippen molar-refractivity contribution in [1.29, 1.82) is 0 Å². The highest BCUT2D eigenvalue weighted by Crippen LogP contribution is 2.30. The lowest BCUT2D eigenvalue weighted by Gasteiger charge is -2.23. The molecule has 1 unspecified atom stereocenters. The quantitative estimate of drug-likeness (QED) is 0.791. The van der Waals surface area contributed by atoms with Crippen LogP contribution in [0.5, 0.6) is 5.75 Å². The van der Waals surface area contributed by atoms with Gasteiger partial charge in [0.2, 0.25) is 0 Å². The van der Waals surface area contributed by atoms with Gasteiger partial charge in [0.15, 0.2) is 0 Å². The zero-order chi connectivity index (χ0) is 20.2. The molecule has 146 valence electrons. The molecule has 0 saturated heterocycles. The Morgan fingerprint density at radius 2 is 1.81 bits per heavy atom. The minimum atomic E-state index is -3.06. The van der Waals surface area contributed by atoms with Crippen LogP contribution in [-0.2, 0) is 16.0 Å². The van der Waals surface area contributed by atoms with E-state index in [1.807, 2.05) is 0 Å². The zero-order valence-electron chi connectivity index (χ0n) is 15.2. The number of aliphatic carboxylic acids is 1. The van der Waals surface area contributed by atoms with Gasteiger partial charge in [-0.2, -0.15) is 8.78 Å². The first-order chi connectivity index (χ1) is 12.6. The van der Waals surface area contributed by atoms with Crippen LogP contribution in [0.2, 0.25) is 0 Å². The second-order valence-corrected chi connectivity index (χ2v) is 6.88. The molecule has 0 aliphatic heterocycles. The lowest BCUT2D eigenvalue weighted by molar-refractivity contribution is -0.139. The average molecular weight is 381 g/mol. The molecule has 2 N–H and O–H groups in total. The van der Waals surface area contributed by atoms with Gasteiger partial charge in [0, 0.05) is 12.0 Å². The van der Waals surface area contributed by atoms with Crippen LogP contribution >= 0.6 is 0 Å². The van der Waals surface area contributed by atoms with Crippen LogP contribution in [0.4, 0.5) is 13.6 Å². The molecule has 2 rings (SSSR count). The standard InChI is InChI=1S/C19H21F2NO5/c1-19(2,3)27-18(25)22-14(16(23)24)10-13-12-7-5-4-6-11(12)8-9-15(13)26-17(20)21/h4-9,14,17H,10H2,1-3H3,(H,22,25)(H,23,24). The van der Waals surface area contributed by atoms with E-state index < -0.39 is 30.3 Å². The second kappa shape index (κ2) is 8.20. The monoisotopic (exact) mass is 381 g/mol. The summed E-state index contributed by atoms with van der Waals surface area (Å²) in [6.07, 6.45) is -1.16. The van der Waals surface area contributed by atoms with Gasteiger partial charge in [0.25, 0.3) is 0 Å². The van der Waals surface area contributed by atoms with Crippen LogP contribution in [0.25, 0.3) is 10.8 Å². The van der Waals surface area contributed by atoms with Crippen molar-refractivity contribution in [3.8, 4) is 5.75 Å². The van der Waals surface area contributed by atoms with E-state index in [4.69, 9.17) is 4.74 Å². The molecular weight excluding hydrogens is 360 g/mol. The summed E-state index contributed by atoms with van der Waals surface area (Å²) in [5.41, 5.74) is -0.548. The summed E-state index contributed by atoms with van der Waals surface area (Å²) in [6, 6.07) is 8.50. The Bertz CT molecular complexity index is 832. The molecule has 0 aromatic heterocycles. The van der Waals surface area contributed by atoms with E-state index in [9.17, 15) is 23.5 Å². The minimum Gasteiger partial charge on any atom is -0.480 e. The first kappa shape index (κ1) is 20.4. The van der Waals surface area contributed by atoms with Crippen LogP contribution < -0.4 is 10.1 Å². The summed E-state index contributed by atoms with van der Waals surface area (Å²) in [7, 11) is 0. The van der Waals surface area contributed by atoms with Crippen molar-refractivity contribution in [2.45, 2.75) is 45.4 Å². The molecule has 2 aromatic rings. The number of alkyl halides is 2. The lowest BCUT2D eigenvalue weighted by atomic mass is 9.97. The molecule has 0 spiro atoms. The summed E-state index contributed by atoms with van der Waals surface area (Å²) < 4.78 is 35.2. The molecular formula is C19H21F2NO5. The van der Waals surface area contributed by atoms with Crippen molar-refractivity contribution < 1.29 is 33.0 Å². The molecule has 1 atom stereocenters. The first-order valence-corrected chi connectivity index (χ1v) is 8.24. The Morgan fingerprint density at radius 1 is 1.15 bits per heavy atom. The summed E-state index contributed by atoms with van der Waals surface area (Å²) in [4.78, 5) is 23.6. The third kappa shape index (κ3) is 5.80. The molecule has 27 heavy (non-hydrogen) atoms. The largest absolute Gasteiger partial charge is 0.480 e. The lowest BCUT2D eigenvalue weighted by Crippen LogP contribution is -2.44. The fraction of sp³-hybridized carbons (Fsp3) is 0.368. The highest BCUT2D eigenvalue weighted by molar-refractivity contribution is 5.89. The highest BCUT2D eigenvalue weighted by Gasteiger charge is 2.26. The number of carboxylic acids is 1. The van der Waals surface area contributed by atoms with Crippen molar-refractivity contribution in [2.24, 2.45) is 0 Å². The van der Waals surface area contributed by atoms with E-state index in [0.717, 1.165) is 5.39 Å². The number of nitrogens with one attached hydrogen (secondary N) is 1. The number of alkyl carbamates (subject to hydrolysis) is 1. The molecule has 2 aromatic carbocycles. The van der Waals surface area contributed by atoms with E-state index in [2.05, 4.69) is 10.1 Å². The summed E-state index contributed by atoms with van der Waals surface area (Å²) >= 11 is 0. The summed E-state index contributed by atoms with van der Waals surface area (Å²) in [6.45, 7) is 1.86. The second-order valence-electron chi connectivity index (χ2n) is 6.88. The highest BCUT2D eigenvalue weighted by atomic mass is 19.3. The van der Waals surface area contributed by atoms with Crippen LogP contribution in [0.1, 0.15) is 26.3 Å². The van der Waals surface area contributed by atoms with Gasteiger partial charge in [-0.1, -0.05) is 30.3 Å². The fourth-order valence-electron chi connectivity index (χ4n) is 2.59. The molecule has 0 aliphatic carbocycles. The predicted molar refractivity (Wildman–Crippen MR) is 95.1 cm³/mol. The smallest absolute Gasteiger partial charge is 0.408 e. The van der Waals surface area contributed by atoms with Crippen LogP contribution in [0.3, 0.4) is 0 Å². The molecule has 8 heteroatoms. The number of halogens is 2. The van der Waals surface area contributed by atoms with E-state index in [1.54, 1.807) is 51.1 Å². The molecule has 0 bridgehead atoms. The average Bonchev–Trinajstić information content (AvgIpc) is 2.53. The SMILES string of the molecule is CC(C)(C)OC(=O)NC(Cc1c(OC(F)F)ccc2ccccc12)C(=O)O. The van der Waals surface area contributed by atoms with Crippen molar-refractivity contribution in [2.75, 3.05) is 0 Å². The maximum absolute atomic E-state index is 12.8. The Balaban J connectivity index is 2.37. The van der Waals surface area contributed by atoms with Crippen molar-refractivity contribution in [1.82, 2.24) is 5.32 Å². The topological polar surface area (TPSA) is 84.9 Å². The molecule has 0 radical (unpaired) electrons. The van der Waals surface area contributed by atoms with Crippen LogP contribution in [0.15, 0.2) is 36.4 Å². The predicted octanol–water partition coefficient (Wildman–Crippen LogP) is 3.96. The van der Waals surface area contributed by atoms with E-state index in [0.29, 0.717) is 5.39 Å². The van der Waals surface area contributed by atoms with Crippen molar-refractivity contribution >= 4 is 22.8 Å². The van der Waals surface area contributed by atoms with Gasteiger partial charge in [0.05, 0.1) is 0 Å². The van der Waals surface area contributed by atoms with Crippen molar-refractivity contribution in [3.63, 3.8) is 0 Å². The molecule has 1 amide bonds. The number of benzene rings is 2.